The molecule has 1 aliphatic heterocycles. The van der Waals surface area contributed by atoms with Crippen LogP contribution in [0.2, 0.25) is 0 Å². The van der Waals surface area contributed by atoms with Crippen molar-refractivity contribution in [3.05, 3.63) is 0 Å². The van der Waals surface area contributed by atoms with E-state index in [-0.39, 0.29) is 12.0 Å². The molecule has 1 aliphatic carbocycles. The van der Waals surface area contributed by atoms with Gasteiger partial charge in [-0.05, 0) is 25.2 Å². The van der Waals surface area contributed by atoms with Crippen molar-refractivity contribution in [1.82, 2.24) is 4.90 Å². The lowest BCUT2D eigenvalue weighted by Crippen LogP contribution is -2.57. The zero-order valence-corrected chi connectivity index (χ0v) is 9.69. The summed E-state index contributed by atoms with van der Waals surface area (Å²) in [6.07, 6.45) is 3.10. The van der Waals surface area contributed by atoms with Gasteiger partial charge in [-0.25, -0.2) is 0 Å². The molecule has 0 amide bonds. The van der Waals surface area contributed by atoms with Gasteiger partial charge in [-0.3, -0.25) is 9.69 Å². The Bertz CT molecular complexity index is 280. The number of aliphatic carboxylic acids is 1. The molecule has 0 aromatic rings. The number of rotatable bonds is 5. The lowest BCUT2D eigenvalue weighted by Gasteiger charge is -2.29. The SMILES string of the molecule is COC1CCN(CC(N)(C(=O)O)C2CC2)C1. The van der Waals surface area contributed by atoms with Crippen molar-refractivity contribution in [2.45, 2.75) is 30.9 Å². The van der Waals surface area contributed by atoms with Gasteiger partial charge < -0.3 is 15.6 Å². The highest BCUT2D eigenvalue weighted by Gasteiger charge is 2.49. The first-order chi connectivity index (χ1) is 7.56. The molecule has 2 unspecified atom stereocenters. The van der Waals surface area contributed by atoms with Crippen LogP contribution in [-0.2, 0) is 9.53 Å². The van der Waals surface area contributed by atoms with Gasteiger partial charge in [0.1, 0.15) is 5.54 Å². The monoisotopic (exact) mass is 228 g/mol. The molecular weight excluding hydrogens is 208 g/mol. The summed E-state index contributed by atoms with van der Waals surface area (Å²) >= 11 is 0. The Balaban J connectivity index is 1.94. The van der Waals surface area contributed by atoms with Crippen LogP contribution in [0.5, 0.6) is 0 Å². The van der Waals surface area contributed by atoms with Crippen molar-refractivity contribution >= 4 is 5.97 Å². The van der Waals surface area contributed by atoms with Crippen LogP contribution in [0.15, 0.2) is 0 Å². The highest BCUT2D eigenvalue weighted by molar-refractivity contribution is 5.79. The Morgan fingerprint density at radius 3 is 2.69 bits per heavy atom. The van der Waals surface area contributed by atoms with E-state index in [0.29, 0.717) is 6.54 Å². The number of hydrogen-bond donors (Lipinski definition) is 2. The predicted molar refractivity (Wildman–Crippen MR) is 59.1 cm³/mol. The van der Waals surface area contributed by atoms with Crippen LogP contribution < -0.4 is 5.73 Å². The Morgan fingerprint density at radius 2 is 2.25 bits per heavy atom. The average molecular weight is 228 g/mol. The van der Waals surface area contributed by atoms with Crippen LogP contribution in [0.3, 0.4) is 0 Å². The number of hydrogen-bond acceptors (Lipinski definition) is 4. The summed E-state index contributed by atoms with van der Waals surface area (Å²) < 4.78 is 5.26. The lowest BCUT2D eigenvalue weighted by molar-refractivity contribution is -0.145. The Labute approximate surface area is 95.5 Å². The minimum Gasteiger partial charge on any atom is -0.480 e. The van der Waals surface area contributed by atoms with E-state index in [1.165, 1.54) is 0 Å². The standard InChI is InChI=1S/C11H20N2O3/c1-16-9-4-5-13(6-9)7-11(12,10(14)15)8-2-3-8/h8-9H,2-7,12H2,1H3,(H,14,15). The van der Waals surface area contributed by atoms with E-state index in [1.54, 1.807) is 7.11 Å². The molecule has 1 saturated carbocycles. The largest absolute Gasteiger partial charge is 0.480 e. The molecule has 5 heteroatoms. The van der Waals surface area contributed by atoms with Gasteiger partial charge in [0, 0.05) is 26.7 Å². The Hall–Kier alpha value is -0.650. The molecular formula is C11H20N2O3. The van der Waals surface area contributed by atoms with Crippen molar-refractivity contribution in [3.63, 3.8) is 0 Å². The summed E-state index contributed by atoms with van der Waals surface area (Å²) in [5.74, 6) is -0.706. The number of carbonyl (C=O) groups is 1. The van der Waals surface area contributed by atoms with Gasteiger partial charge in [0.05, 0.1) is 6.10 Å². The number of nitrogens with zero attached hydrogens (tertiary/aromatic N) is 1. The number of likely N-dealkylation sites (tertiary alicyclic amines) is 1. The Morgan fingerprint density at radius 1 is 1.56 bits per heavy atom. The van der Waals surface area contributed by atoms with Gasteiger partial charge in [0.25, 0.3) is 0 Å². The highest BCUT2D eigenvalue weighted by atomic mass is 16.5. The number of ether oxygens (including phenoxy) is 1. The third-order valence-corrected chi connectivity index (χ3v) is 3.75. The molecule has 1 saturated heterocycles. The molecule has 0 aromatic carbocycles. The number of carboxylic acid groups (broad SMARTS) is 1. The van der Waals surface area contributed by atoms with Crippen molar-refractivity contribution in [3.8, 4) is 0 Å². The Kier molecular flexibility index (Phi) is 3.19. The van der Waals surface area contributed by atoms with Gasteiger partial charge >= 0.3 is 5.97 Å². The van der Waals surface area contributed by atoms with Crippen molar-refractivity contribution < 1.29 is 14.6 Å². The first-order valence-corrected chi connectivity index (χ1v) is 5.83. The predicted octanol–water partition coefficient (Wildman–Crippen LogP) is -0.101. The normalized spacial score (nSPS) is 30.2. The van der Waals surface area contributed by atoms with E-state index >= 15 is 0 Å². The van der Waals surface area contributed by atoms with Crippen LogP contribution in [0, 0.1) is 5.92 Å². The second kappa shape index (κ2) is 4.31. The molecule has 2 aliphatic rings. The summed E-state index contributed by atoms with van der Waals surface area (Å²) in [5, 5.41) is 9.24. The third kappa shape index (κ3) is 2.21. The maximum absolute atomic E-state index is 11.3. The minimum absolute atomic E-state index is 0.159. The maximum atomic E-state index is 11.3. The number of carboxylic acids is 1. The molecule has 0 spiro atoms. The summed E-state index contributed by atoms with van der Waals surface area (Å²) in [5.41, 5.74) is 4.98. The van der Waals surface area contributed by atoms with Gasteiger partial charge in [0.2, 0.25) is 0 Å². The third-order valence-electron chi connectivity index (χ3n) is 3.75. The fraction of sp³-hybridized carbons (Fsp3) is 0.909. The van der Waals surface area contributed by atoms with Crippen LogP contribution in [0.25, 0.3) is 0 Å². The van der Waals surface area contributed by atoms with E-state index in [2.05, 4.69) is 4.90 Å². The molecule has 16 heavy (non-hydrogen) atoms. The van der Waals surface area contributed by atoms with Gasteiger partial charge in [-0.2, -0.15) is 0 Å². The molecule has 5 nitrogen and oxygen atoms in total. The lowest BCUT2D eigenvalue weighted by atomic mass is 9.94. The van der Waals surface area contributed by atoms with E-state index in [4.69, 9.17) is 10.5 Å². The summed E-state index contributed by atoms with van der Waals surface area (Å²) in [6, 6.07) is 0. The van der Waals surface area contributed by atoms with E-state index in [1.807, 2.05) is 0 Å². The topological polar surface area (TPSA) is 75.8 Å². The van der Waals surface area contributed by atoms with E-state index in [9.17, 15) is 9.90 Å². The van der Waals surface area contributed by atoms with Gasteiger partial charge in [-0.15, -0.1) is 0 Å². The fourth-order valence-electron chi connectivity index (χ4n) is 2.47. The zero-order chi connectivity index (χ0) is 11.8. The molecule has 2 rings (SSSR count). The molecule has 2 fully saturated rings. The van der Waals surface area contributed by atoms with Crippen LogP contribution in [0.4, 0.5) is 0 Å². The minimum atomic E-state index is -1.05. The quantitative estimate of drug-likeness (QED) is 0.687. The highest BCUT2D eigenvalue weighted by Crippen LogP contribution is 2.39. The molecule has 0 radical (unpaired) electrons. The van der Waals surface area contributed by atoms with Gasteiger partial charge in [0.15, 0.2) is 0 Å². The second-order valence-electron chi connectivity index (χ2n) is 5.00. The molecule has 0 aromatic heterocycles. The average Bonchev–Trinajstić information content (AvgIpc) is 3.00. The molecule has 2 atom stereocenters. The smallest absolute Gasteiger partial charge is 0.325 e. The molecule has 1 heterocycles. The van der Waals surface area contributed by atoms with Crippen LogP contribution in [-0.4, -0.2) is 54.4 Å². The van der Waals surface area contributed by atoms with E-state index < -0.39 is 11.5 Å². The van der Waals surface area contributed by atoms with Crippen molar-refractivity contribution in [2.24, 2.45) is 11.7 Å². The summed E-state index contributed by atoms with van der Waals surface area (Å²) in [4.78, 5) is 13.4. The second-order valence-corrected chi connectivity index (χ2v) is 5.00. The van der Waals surface area contributed by atoms with Gasteiger partial charge in [-0.1, -0.05) is 0 Å². The van der Waals surface area contributed by atoms with Crippen LogP contribution >= 0.6 is 0 Å². The molecule has 0 bridgehead atoms. The number of nitrogens with two attached hydrogens (primary N) is 1. The summed E-state index contributed by atoms with van der Waals surface area (Å²) in [7, 11) is 1.70. The molecule has 3 N–H and O–H groups in total. The molecule has 92 valence electrons. The first kappa shape index (κ1) is 11.8. The summed E-state index contributed by atoms with van der Waals surface area (Å²) in [6.45, 7) is 2.14. The van der Waals surface area contributed by atoms with E-state index in [0.717, 1.165) is 32.4 Å². The zero-order valence-electron chi connectivity index (χ0n) is 9.69. The fourth-order valence-corrected chi connectivity index (χ4v) is 2.47. The van der Waals surface area contributed by atoms with Crippen LogP contribution in [0.1, 0.15) is 19.3 Å². The first-order valence-electron chi connectivity index (χ1n) is 5.83. The van der Waals surface area contributed by atoms with Crippen molar-refractivity contribution in [1.29, 1.82) is 0 Å². The maximum Gasteiger partial charge on any atom is 0.325 e. The van der Waals surface area contributed by atoms with Crippen molar-refractivity contribution in [2.75, 3.05) is 26.7 Å². The number of methoxy groups -OCH3 is 1.